The summed E-state index contributed by atoms with van der Waals surface area (Å²) in [5.41, 5.74) is 29.2. The van der Waals surface area contributed by atoms with Gasteiger partial charge in [-0.25, -0.2) is 9.86 Å². The van der Waals surface area contributed by atoms with Crippen molar-refractivity contribution < 1.29 is 64.7 Å². The molecule has 0 aromatic carbocycles. The molecule has 0 radical (unpaired) electrons. The summed E-state index contributed by atoms with van der Waals surface area (Å²) < 4.78 is 23.2. The Bertz CT molecular complexity index is 933. The zero-order chi connectivity index (χ0) is 34.3. The maximum atomic E-state index is 12.6. The normalized spacial score (nSPS) is 42.4. The third kappa shape index (κ3) is 9.37. The fourth-order valence-electron chi connectivity index (χ4n) is 5.66. The van der Waals surface area contributed by atoms with Gasteiger partial charge in [-0.3, -0.25) is 5.21 Å². The Labute approximate surface area is 265 Å². The first-order valence-corrected chi connectivity index (χ1v) is 15.2. The molecule has 3 aliphatic rings. The Hall–Kier alpha value is -1.45. The SMILES string of the molecule is NCCC(O)CNC[C@H]1O[C@H](O[C@H]2[C@H](O)[C@@H](O[C@H]3O[C@H](CO)[C@@H](O)[C@H](N)[C@H]3O)[C@H](NC(=O)N(O)CCN)C[C@@H]2N)[C@H](N)[C@@H](O)[C@@H]1O. The van der Waals surface area contributed by atoms with E-state index in [9.17, 15) is 45.7 Å². The molecule has 1 saturated carbocycles. The summed E-state index contributed by atoms with van der Waals surface area (Å²) in [4.78, 5) is 12.6. The second-order valence-electron chi connectivity index (χ2n) is 11.8. The molecule has 3 fully saturated rings. The predicted octanol–water partition coefficient (Wildman–Crippen LogP) is -8.58. The van der Waals surface area contributed by atoms with Crippen molar-refractivity contribution in [1.29, 1.82) is 0 Å². The van der Waals surface area contributed by atoms with E-state index in [0.29, 0.717) is 11.5 Å². The second kappa shape index (κ2) is 17.8. The summed E-state index contributed by atoms with van der Waals surface area (Å²) in [5.74, 6) is 0. The van der Waals surface area contributed by atoms with Gasteiger partial charge in [-0.05, 0) is 19.4 Å². The number of urea groups is 1. The fourth-order valence-corrected chi connectivity index (χ4v) is 5.66. The van der Waals surface area contributed by atoms with Crippen molar-refractivity contribution >= 4 is 6.03 Å². The van der Waals surface area contributed by atoms with Crippen LogP contribution in [0.15, 0.2) is 0 Å². The number of hydrogen-bond donors (Lipinski definition) is 15. The molecule has 0 spiro atoms. The molecule has 2 heterocycles. The van der Waals surface area contributed by atoms with Gasteiger partial charge in [-0.2, -0.15) is 0 Å². The van der Waals surface area contributed by atoms with Gasteiger partial charge in [0.05, 0.1) is 37.4 Å². The van der Waals surface area contributed by atoms with Crippen LogP contribution >= 0.6 is 0 Å². The number of hydroxylamine groups is 2. The molecule has 21 nitrogen and oxygen atoms in total. The van der Waals surface area contributed by atoms with Crippen molar-refractivity contribution in [3.05, 3.63) is 0 Å². The average molecular weight is 673 g/mol. The smallest absolute Gasteiger partial charge is 0.341 e. The van der Waals surface area contributed by atoms with Gasteiger partial charge < -0.3 is 94.0 Å². The molecule has 270 valence electrons. The predicted molar refractivity (Wildman–Crippen MR) is 155 cm³/mol. The number of aliphatic hydroxyl groups excluding tert-OH is 7. The zero-order valence-corrected chi connectivity index (χ0v) is 25.3. The number of amides is 2. The number of ether oxygens (including phenoxy) is 4. The molecular weight excluding hydrogens is 620 g/mol. The van der Waals surface area contributed by atoms with Crippen molar-refractivity contribution in [3.8, 4) is 0 Å². The summed E-state index contributed by atoms with van der Waals surface area (Å²) in [7, 11) is 0. The Morgan fingerprint density at radius 2 is 1.52 bits per heavy atom. The van der Waals surface area contributed by atoms with Crippen molar-refractivity contribution in [2.24, 2.45) is 28.7 Å². The van der Waals surface area contributed by atoms with Crippen LogP contribution in [0.1, 0.15) is 12.8 Å². The van der Waals surface area contributed by atoms with Crippen molar-refractivity contribution in [2.45, 2.75) is 111 Å². The van der Waals surface area contributed by atoms with Crippen LogP contribution in [-0.2, 0) is 18.9 Å². The first-order valence-electron chi connectivity index (χ1n) is 15.2. The van der Waals surface area contributed by atoms with Crippen LogP contribution in [0, 0.1) is 0 Å². The molecule has 0 aromatic rings. The highest BCUT2D eigenvalue weighted by Crippen LogP contribution is 2.32. The quantitative estimate of drug-likeness (QED) is 0.0601. The molecule has 1 aliphatic carbocycles. The molecule has 46 heavy (non-hydrogen) atoms. The van der Waals surface area contributed by atoms with E-state index in [2.05, 4.69) is 10.6 Å². The highest BCUT2D eigenvalue weighted by molar-refractivity contribution is 5.73. The largest absolute Gasteiger partial charge is 0.394 e. The van der Waals surface area contributed by atoms with Gasteiger partial charge in [0, 0.05) is 25.7 Å². The van der Waals surface area contributed by atoms with Crippen LogP contribution in [-0.4, -0.2) is 189 Å². The minimum Gasteiger partial charge on any atom is -0.394 e. The van der Waals surface area contributed by atoms with E-state index in [-0.39, 0.29) is 39.1 Å². The maximum Gasteiger partial charge on any atom is 0.341 e. The Kier molecular flexibility index (Phi) is 15.1. The molecule has 3 rings (SSSR count). The fraction of sp³-hybridized carbons (Fsp3) is 0.960. The van der Waals surface area contributed by atoms with E-state index >= 15 is 0 Å². The first kappa shape index (κ1) is 39.0. The number of rotatable bonds is 14. The van der Waals surface area contributed by atoms with Crippen LogP contribution < -0.4 is 39.3 Å². The van der Waals surface area contributed by atoms with Gasteiger partial charge in [0.2, 0.25) is 0 Å². The van der Waals surface area contributed by atoms with E-state index in [4.69, 9.17) is 47.6 Å². The summed E-state index contributed by atoms with van der Waals surface area (Å²) in [6.07, 6.45) is -16.5. The number of hydrogen-bond acceptors (Lipinski definition) is 19. The first-order chi connectivity index (χ1) is 21.7. The molecule has 2 saturated heterocycles. The van der Waals surface area contributed by atoms with Gasteiger partial charge in [0.15, 0.2) is 12.6 Å². The Balaban J connectivity index is 1.80. The Morgan fingerprint density at radius 3 is 2.15 bits per heavy atom. The molecule has 2 aliphatic heterocycles. The van der Waals surface area contributed by atoms with E-state index in [1.54, 1.807) is 0 Å². The summed E-state index contributed by atoms with van der Waals surface area (Å²) in [6, 6.07) is -5.81. The van der Waals surface area contributed by atoms with Crippen LogP contribution in [0.2, 0.25) is 0 Å². The van der Waals surface area contributed by atoms with Crippen LogP contribution in [0.4, 0.5) is 4.79 Å². The molecule has 1 unspecified atom stereocenters. The maximum absolute atomic E-state index is 12.6. The number of nitrogens with two attached hydrogens (primary N) is 5. The summed E-state index contributed by atoms with van der Waals surface area (Å²) in [5, 5.41) is 88.9. The summed E-state index contributed by atoms with van der Waals surface area (Å²) in [6.45, 7) is -0.614. The number of nitrogens with zero attached hydrogens (tertiary/aromatic N) is 1. The second-order valence-corrected chi connectivity index (χ2v) is 11.8. The van der Waals surface area contributed by atoms with Gasteiger partial charge in [-0.15, -0.1) is 0 Å². The molecule has 16 atom stereocenters. The number of nitrogens with one attached hydrogen (secondary N) is 2. The standard InChI is InChI=1S/C25H52N8O13/c26-2-1-9(35)6-31-7-12-17(37)18(38)15(30)23(43-12)45-21-10(28)5-11(32-25(41)33(42)4-3-27)22(20(21)40)46-24-19(39)14(29)16(36)13(8-34)44-24/h9-24,31,34-40,42H,1-8,26-30H2,(H,32,41)/t9?,10-,11+,12+,13+,14-,15+,16+,17+,18+,19+,20-,21+,22-,23+,24+/m0/s1. The molecule has 2 amide bonds. The lowest BCUT2D eigenvalue weighted by atomic mass is 9.83. The van der Waals surface area contributed by atoms with Crippen LogP contribution in [0.3, 0.4) is 0 Å². The highest BCUT2D eigenvalue weighted by Gasteiger charge is 2.52. The minimum atomic E-state index is -1.72. The average Bonchev–Trinajstić information content (AvgIpc) is 3.01. The van der Waals surface area contributed by atoms with Crippen molar-refractivity contribution in [1.82, 2.24) is 15.7 Å². The van der Waals surface area contributed by atoms with Gasteiger partial charge in [-0.1, -0.05) is 0 Å². The van der Waals surface area contributed by atoms with E-state index < -0.39 is 110 Å². The molecule has 0 aromatic heterocycles. The minimum absolute atomic E-state index is 0.0267. The highest BCUT2D eigenvalue weighted by atomic mass is 16.7. The molecule has 21 heteroatoms. The van der Waals surface area contributed by atoms with E-state index in [1.807, 2.05) is 0 Å². The lowest BCUT2D eigenvalue weighted by Gasteiger charge is -2.49. The number of carbonyl (C=O) groups is 1. The zero-order valence-electron chi connectivity index (χ0n) is 25.3. The van der Waals surface area contributed by atoms with Gasteiger partial charge in [0.25, 0.3) is 0 Å². The Morgan fingerprint density at radius 1 is 0.870 bits per heavy atom. The summed E-state index contributed by atoms with van der Waals surface area (Å²) >= 11 is 0. The van der Waals surface area contributed by atoms with Crippen molar-refractivity contribution in [3.63, 3.8) is 0 Å². The van der Waals surface area contributed by atoms with Gasteiger partial charge in [0.1, 0.15) is 54.9 Å². The van der Waals surface area contributed by atoms with Crippen LogP contribution in [0.25, 0.3) is 0 Å². The topological polar surface area (TPSA) is 373 Å². The van der Waals surface area contributed by atoms with Crippen LogP contribution in [0.5, 0.6) is 0 Å². The van der Waals surface area contributed by atoms with Crippen molar-refractivity contribution in [2.75, 3.05) is 39.3 Å². The third-order valence-corrected chi connectivity index (χ3v) is 8.40. The van der Waals surface area contributed by atoms with E-state index in [0.717, 1.165) is 0 Å². The number of carbonyl (C=O) groups excluding carboxylic acids is 1. The molecule has 0 bridgehead atoms. The third-order valence-electron chi connectivity index (χ3n) is 8.40. The van der Waals surface area contributed by atoms with E-state index in [1.165, 1.54) is 0 Å². The monoisotopic (exact) mass is 672 g/mol. The van der Waals surface area contributed by atoms with Gasteiger partial charge >= 0.3 is 6.03 Å². The number of aliphatic hydroxyl groups is 7. The molecule has 20 N–H and O–H groups in total. The lowest BCUT2D eigenvalue weighted by Crippen LogP contribution is -2.70. The lowest BCUT2D eigenvalue weighted by molar-refractivity contribution is -0.319. The molecular formula is C25H52N8O13.